The van der Waals surface area contributed by atoms with E-state index in [1.54, 1.807) is 17.2 Å². The standard InChI is InChI=1S/C46H58ClF2N5O17S/c1-30-33(14-15-50-39(30)5-3-17-68-46(57)69-23-19-65-21-25-71-54(60)61)27-51(34-10-11-34)44(55)41-36(32-8-6-31(7-9-32)4-2-16-66-43-38(49)13-12-37(48)42(43)47)26-35-28-72(62,63)29-40(41)52(35)45(56)67-22-18-64-20-24-70-53(58)59/h6-9,12-15,34-35,40,58-61H,2-5,10-11,16-29H2,1H3. The average Bonchev–Trinajstić information content (AvgIpc) is 4.18. The van der Waals surface area contributed by atoms with E-state index in [2.05, 4.69) is 14.7 Å². The van der Waals surface area contributed by atoms with Gasteiger partial charge in [-0.05, 0) is 97.9 Å². The lowest BCUT2D eigenvalue weighted by atomic mass is 9.84. The van der Waals surface area contributed by atoms with E-state index in [9.17, 15) is 26.8 Å². The molecule has 2 amide bonds. The van der Waals surface area contributed by atoms with E-state index >= 15 is 4.79 Å². The van der Waals surface area contributed by atoms with Gasteiger partial charge in [-0.3, -0.25) is 35.5 Å². The van der Waals surface area contributed by atoms with E-state index in [4.69, 9.17) is 60.9 Å². The Morgan fingerprint density at radius 2 is 1.40 bits per heavy atom. The molecule has 26 heteroatoms. The number of fused-ring (bicyclic) bond motifs is 2. The van der Waals surface area contributed by atoms with Crippen molar-refractivity contribution >= 4 is 45.2 Å². The van der Waals surface area contributed by atoms with Crippen LogP contribution in [0, 0.1) is 18.6 Å². The van der Waals surface area contributed by atoms with Gasteiger partial charge in [-0.2, -0.15) is 0 Å². The van der Waals surface area contributed by atoms with E-state index in [0.29, 0.717) is 55.4 Å². The maximum absolute atomic E-state index is 15.4. The van der Waals surface area contributed by atoms with Crippen LogP contribution in [0.15, 0.2) is 54.2 Å². The molecule has 1 saturated carbocycles. The average molecular weight is 1060 g/mol. The number of hydrogen-bond acceptors (Lipinski definition) is 20. The van der Waals surface area contributed by atoms with Gasteiger partial charge >= 0.3 is 12.2 Å². The van der Waals surface area contributed by atoms with Gasteiger partial charge in [0.15, 0.2) is 21.4 Å². The summed E-state index contributed by atoms with van der Waals surface area (Å²) in [6.45, 7) is 1.27. The number of halogens is 3. The van der Waals surface area contributed by atoms with Crippen molar-refractivity contribution in [1.82, 2.24) is 25.6 Å². The first-order valence-corrected chi connectivity index (χ1v) is 25.3. The Morgan fingerprint density at radius 3 is 2.07 bits per heavy atom. The molecule has 2 atom stereocenters. The maximum Gasteiger partial charge on any atom is 0.508 e. The minimum Gasteiger partial charge on any atom is -0.489 e. The number of benzene rings is 2. The molecule has 3 heterocycles. The monoisotopic (exact) mass is 1060 g/mol. The van der Waals surface area contributed by atoms with Crippen molar-refractivity contribution in [2.45, 2.75) is 76.5 Å². The van der Waals surface area contributed by atoms with Crippen molar-refractivity contribution in [2.24, 2.45) is 0 Å². The Kier molecular flexibility index (Phi) is 21.2. The van der Waals surface area contributed by atoms with Crippen LogP contribution in [0.5, 0.6) is 5.75 Å². The third-order valence-corrected chi connectivity index (χ3v) is 13.9. The molecule has 0 radical (unpaired) electrons. The van der Waals surface area contributed by atoms with Crippen molar-refractivity contribution in [3.05, 3.63) is 98.8 Å². The molecule has 3 aliphatic rings. The molecule has 3 aromatic rings. The third kappa shape index (κ3) is 16.4. The molecule has 396 valence electrons. The van der Waals surface area contributed by atoms with Gasteiger partial charge in [0, 0.05) is 30.1 Å². The molecule has 2 bridgehead atoms. The van der Waals surface area contributed by atoms with Gasteiger partial charge in [-0.1, -0.05) is 35.9 Å². The highest BCUT2D eigenvalue weighted by Crippen LogP contribution is 2.42. The van der Waals surface area contributed by atoms with Crippen LogP contribution in [0.3, 0.4) is 0 Å². The number of ether oxygens (including phenoxy) is 6. The number of nitrogens with zero attached hydrogens (tertiary/aromatic N) is 5. The van der Waals surface area contributed by atoms with Crippen LogP contribution in [-0.2, 0) is 67.4 Å². The van der Waals surface area contributed by atoms with Crippen LogP contribution in [0.2, 0.25) is 5.02 Å². The van der Waals surface area contributed by atoms with Gasteiger partial charge < -0.3 is 33.3 Å². The first-order valence-electron chi connectivity index (χ1n) is 23.1. The van der Waals surface area contributed by atoms with Gasteiger partial charge in [0.1, 0.15) is 24.1 Å². The predicted molar refractivity (Wildman–Crippen MR) is 245 cm³/mol. The zero-order valence-corrected chi connectivity index (χ0v) is 40.9. The second kappa shape index (κ2) is 27.2. The first-order chi connectivity index (χ1) is 34.5. The Balaban J connectivity index is 1.18. The molecule has 1 aliphatic carbocycles. The van der Waals surface area contributed by atoms with Gasteiger partial charge in [0.2, 0.25) is 0 Å². The van der Waals surface area contributed by atoms with Crippen LogP contribution >= 0.6 is 11.6 Å². The first kappa shape index (κ1) is 56.1. The Labute approximate surface area is 418 Å². The summed E-state index contributed by atoms with van der Waals surface area (Å²) < 4.78 is 87.1. The maximum atomic E-state index is 15.4. The molecule has 72 heavy (non-hydrogen) atoms. The second-order valence-corrected chi connectivity index (χ2v) is 19.4. The largest absolute Gasteiger partial charge is 0.508 e. The number of aromatic nitrogens is 1. The fourth-order valence-electron chi connectivity index (χ4n) is 8.31. The summed E-state index contributed by atoms with van der Waals surface area (Å²) in [6, 6.07) is 8.74. The summed E-state index contributed by atoms with van der Waals surface area (Å²) >= 11 is 5.91. The molecule has 4 N–H and O–H groups in total. The van der Waals surface area contributed by atoms with Crippen LogP contribution in [0.4, 0.5) is 18.4 Å². The van der Waals surface area contributed by atoms with E-state index in [0.717, 1.165) is 28.8 Å². The summed E-state index contributed by atoms with van der Waals surface area (Å²) in [5.41, 5.74) is 4.54. The third-order valence-electron chi connectivity index (χ3n) is 11.8. The zero-order chi connectivity index (χ0) is 51.8. The fraction of sp³-hybridized carbons (Fsp3) is 0.522. The number of rotatable bonds is 28. The number of amides is 2. The molecule has 2 aromatic carbocycles. The summed E-state index contributed by atoms with van der Waals surface area (Å²) in [5, 5.41) is 33.1. The Hall–Kier alpha value is -5.16. The summed E-state index contributed by atoms with van der Waals surface area (Å²) in [6.07, 6.45) is 3.01. The van der Waals surface area contributed by atoms with Crippen molar-refractivity contribution in [3.63, 3.8) is 0 Å². The topological polar surface area (TPSA) is 266 Å². The molecule has 2 aliphatic heterocycles. The van der Waals surface area contributed by atoms with Crippen LogP contribution in [0.25, 0.3) is 5.57 Å². The molecular formula is C46H58ClF2N5O17S. The van der Waals surface area contributed by atoms with Crippen molar-refractivity contribution < 1.29 is 90.5 Å². The Bertz CT molecular complexity index is 2450. The molecule has 0 spiro atoms. The van der Waals surface area contributed by atoms with Crippen molar-refractivity contribution in [2.75, 3.05) is 77.6 Å². The smallest absolute Gasteiger partial charge is 0.489 e. The number of aryl methyl sites for hydroxylation is 2. The lowest BCUT2D eigenvalue weighted by Crippen LogP contribution is -2.61. The molecule has 1 saturated heterocycles. The second-order valence-electron chi connectivity index (χ2n) is 16.8. The van der Waals surface area contributed by atoms with Gasteiger partial charge in [-0.25, -0.2) is 36.5 Å². The molecule has 1 aromatic heterocycles. The summed E-state index contributed by atoms with van der Waals surface area (Å²) in [4.78, 5) is 57.8. The molecule has 2 unspecified atom stereocenters. The molecule has 22 nitrogen and oxygen atoms in total. The normalized spacial score (nSPS) is 17.3. The SMILES string of the molecule is Cc1c(CN(C(=O)C2=C(c3ccc(CCCOc4c(F)ccc(F)c4Cl)cc3)CC3CS(=O)(=O)CC2N3C(=O)OCCOCCON(O)O)C2CC2)ccnc1CCCOC(=O)OCCOCCON(O)O. The van der Waals surface area contributed by atoms with Crippen LogP contribution in [0.1, 0.15) is 60.1 Å². The minimum absolute atomic E-state index is 0.0112. The highest BCUT2D eigenvalue weighted by molar-refractivity contribution is 7.91. The van der Waals surface area contributed by atoms with E-state index in [-0.39, 0.29) is 102 Å². The van der Waals surface area contributed by atoms with E-state index < -0.39 is 73.3 Å². The number of hydrogen-bond donors (Lipinski definition) is 4. The quantitative estimate of drug-likeness (QED) is 0.0306. The molecular weight excluding hydrogens is 1000 g/mol. The predicted octanol–water partition coefficient (Wildman–Crippen LogP) is 5.43. The Morgan fingerprint density at radius 1 is 0.778 bits per heavy atom. The fourth-order valence-corrected chi connectivity index (χ4v) is 10.3. The number of pyridine rings is 1. The minimum atomic E-state index is -3.77. The number of carbonyl (C=O) groups is 3. The van der Waals surface area contributed by atoms with E-state index in [1.165, 1.54) is 4.90 Å². The molecule has 6 rings (SSSR count). The van der Waals surface area contributed by atoms with Crippen LogP contribution < -0.4 is 4.74 Å². The van der Waals surface area contributed by atoms with Gasteiger partial charge in [-0.15, -0.1) is 0 Å². The number of sulfone groups is 1. The zero-order valence-electron chi connectivity index (χ0n) is 39.4. The van der Waals surface area contributed by atoms with E-state index in [1.807, 2.05) is 31.2 Å². The number of carbonyl (C=O) groups excluding carboxylic acids is 3. The molecule has 2 fully saturated rings. The van der Waals surface area contributed by atoms with Crippen molar-refractivity contribution in [3.8, 4) is 5.75 Å². The van der Waals surface area contributed by atoms with Crippen LogP contribution in [-0.4, -0.2) is 169 Å². The van der Waals surface area contributed by atoms with Gasteiger partial charge in [0.05, 0.1) is 87.2 Å². The summed E-state index contributed by atoms with van der Waals surface area (Å²) in [5.74, 6) is -3.30. The van der Waals surface area contributed by atoms with Gasteiger partial charge in [0.25, 0.3) is 5.91 Å². The van der Waals surface area contributed by atoms with Crippen molar-refractivity contribution in [1.29, 1.82) is 0 Å². The lowest BCUT2D eigenvalue weighted by molar-refractivity contribution is -0.493. The summed E-state index contributed by atoms with van der Waals surface area (Å²) in [7, 11) is -3.77. The lowest BCUT2D eigenvalue weighted by Gasteiger charge is -2.47. The highest BCUT2D eigenvalue weighted by Gasteiger charge is 2.51. The highest BCUT2D eigenvalue weighted by atomic mass is 35.5.